The second kappa shape index (κ2) is 5.10. The summed E-state index contributed by atoms with van der Waals surface area (Å²) in [5.74, 6) is 2.45. The molecule has 0 saturated carbocycles. The standard InChI is InChI=1S/C9H19NOS/c1-3-12-5-4-10-6-9(2)7-11-8-9/h10H,3-8H2,1-2H3. The first kappa shape index (κ1) is 10.4. The Kier molecular flexibility index (Phi) is 4.40. The zero-order chi connectivity index (χ0) is 8.86. The summed E-state index contributed by atoms with van der Waals surface area (Å²) >= 11 is 1.99. The van der Waals surface area contributed by atoms with Crippen LogP contribution in [0.25, 0.3) is 0 Å². The van der Waals surface area contributed by atoms with Crippen LogP contribution in [0.5, 0.6) is 0 Å². The van der Waals surface area contributed by atoms with Crippen LogP contribution in [0, 0.1) is 5.41 Å². The molecule has 0 atom stereocenters. The van der Waals surface area contributed by atoms with Crippen molar-refractivity contribution in [1.29, 1.82) is 0 Å². The van der Waals surface area contributed by atoms with Crippen molar-refractivity contribution in [2.24, 2.45) is 5.41 Å². The lowest BCUT2D eigenvalue weighted by Crippen LogP contribution is -2.47. The van der Waals surface area contributed by atoms with Crippen molar-refractivity contribution in [1.82, 2.24) is 5.32 Å². The van der Waals surface area contributed by atoms with E-state index in [9.17, 15) is 0 Å². The van der Waals surface area contributed by atoms with E-state index in [1.54, 1.807) is 0 Å². The highest BCUT2D eigenvalue weighted by molar-refractivity contribution is 7.99. The highest BCUT2D eigenvalue weighted by Gasteiger charge is 2.32. The summed E-state index contributed by atoms with van der Waals surface area (Å²) in [6, 6.07) is 0. The van der Waals surface area contributed by atoms with Crippen LogP contribution in [0.1, 0.15) is 13.8 Å². The maximum absolute atomic E-state index is 5.17. The quantitative estimate of drug-likeness (QED) is 0.638. The zero-order valence-electron chi connectivity index (χ0n) is 8.06. The predicted molar refractivity (Wildman–Crippen MR) is 54.8 cm³/mol. The summed E-state index contributed by atoms with van der Waals surface area (Å²) in [6.07, 6.45) is 0. The molecule has 0 aromatic heterocycles. The van der Waals surface area contributed by atoms with Crippen LogP contribution in [0.2, 0.25) is 0 Å². The second-order valence-electron chi connectivity index (χ2n) is 3.68. The first-order valence-corrected chi connectivity index (χ1v) is 5.78. The number of hydrogen-bond donors (Lipinski definition) is 1. The minimum absolute atomic E-state index is 0.427. The van der Waals surface area contributed by atoms with E-state index in [1.807, 2.05) is 11.8 Å². The molecule has 0 amide bonds. The minimum Gasteiger partial charge on any atom is -0.380 e. The van der Waals surface area contributed by atoms with Crippen LogP contribution in [0.4, 0.5) is 0 Å². The SMILES string of the molecule is CCSCCNCC1(C)COC1. The van der Waals surface area contributed by atoms with Crippen LogP contribution in [-0.2, 0) is 4.74 Å². The normalized spacial score (nSPS) is 20.5. The van der Waals surface area contributed by atoms with Gasteiger partial charge in [-0.2, -0.15) is 11.8 Å². The van der Waals surface area contributed by atoms with E-state index in [-0.39, 0.29) is 0 Å². The molecule has 1 rings (SSSR count). The molecule has 1 aliphatic rings. The fourth-order valence-electron chi connectivity index (χ4n) is 1.23. The topological polar surface area (TPSA) is 21.3 Å². The van der Waals surface area contributed by atoms with Crippen LogP contribution in [-0.4, -0.2) is 37.8 Å². The third-order valence-corrected chi connectivity index (χ3v) is 2.98. The van der Waals surface area contributed by atoms with Crippen LogP contribution in [0.3, 0.4) is 0 Å². The van der Waals surface area contributed by atoms with E-state index in [1.165, 1.54) is 11.5 Å². The summed E-state index contributed by atoms with van der Waals surface area (Å²) in [5, 5.41) is 3.46. The highest BCUT2D eigenvalue weighted by Crippen LogP contribution is 2.24. The van der Waals surface area contributed by atoms with Gasteiger partial charge in [0.05, 0.1) is 13.2 Å². The van der Waals surface area contributed by atoms with Crippen molar-refractivity contribution < 1.29 is 4.74 Å². The van der Waals surface area contributed by atoms with Crippen LogP contribution < -0.4 is 5.32 Å². The number of nitrogens with one attached hydrogen (secondary N) is 1. The van der Waals surface area contributed by atoms with Crippen molar-refractivity contribution in [3.05, 3.63) is 0 Å². The summed E-state index contributed by atoms with van der Waals surface area (Å²) in [6.45, 7) is 8.58. The van der Waals surface area contributed by atoms with Gasteiger partial charge >= 0.3 is 0 Å². The van der Waals surface area contributed by atoms with Gasteiger partial charge in [-0.25, -0.2) is 0 Å². The smallest absolute Gasteiger partial charge is 0.0554 e. The Labute approximate surface area is 79.4 Å². The molecular weight excluding hydrogens is 170 g/mol. The largest absolute Gasteiger partial charge is 0.380 e. The van der Waals surface area contributed by atoms with E-state index in [0.717, 1.165) is 26.3 Å². The van der Waals surface area contributed by atoms with Gasteiger partial charge in [-0.15, -0.1) is 0 Å². The third-order valence-electron chi connectivity index (χ3n) is 2.08. The average Bonchev–Trinajstić information content (AvgIpc) is 2.01. The van der Waals surface area contributed by atoms with E-state index in [0.29, 0.717) is 5.41 Å². The highest BCUT2D eigenvalue weighted by atomic mass is 32.2. The number of rotatable bonds is 6. The van der Waals surface area contributed by atoms with Crippen molar-refractivity contribution in [3.8, 4) is 0 Å². The van der Waals surface area contributed by atoms with E-state index >= 15 is 0 Å². The monoisotopic (exact) mass is 189 g/mol. The Hall–Kier alpha value is 0.270. The molecule has 1 heterocycles. The summed E-state index contributed by atoms with van der Waals surface area (Å²) < 4.78 is 5.17. The lowest BCUT2D eigenvalue weighted by molar-refractivity contribution is -0.0987. The molecule has 0 unspecified atom stereocenters. The van der Waals surface area contributed by atoms with Gasteiger partial charge in [0.25, 0.3) is 0 Å². The van der Waals surface area contributed by atoms with E-state index in [4.69, 9.17) is 4.74 Å². The number of ether oxygens (including phenoxy) is 1. The minimum atomic E-state index is 0.427. The molecule has 1 aliphatic heterocycles. The molecule has 1 fully saturated rings. The van der Waals surface area contributed by atoms with Gasteiger partial charge in [-0.1, -0.05) is 13.8 Å². The maximum atomic E-state index is 5.17. The molecule has 0 bridgehead atoms. The Bertz CT molecular complexity index is 126. The second-order valence-corrected chi connectivity index (χ2v) is 5.07. The predicted octanol–water partition coefficient (Wildman–Crippen LogP) is 1.37. The lowest BCUT2D eigenvalue weighted by Gasteiger charge is -2.38. The van der Waals surface area contributed by atoms with Gasteiger partial charge in [-0.05, 0) is 5.75 Å². The molecular formula is C9H19NOS. The van der Waals surface area contributed by atoms with Crippen LogP contribution >= 0.6 is 11.8 Å². The molecule has 3 heteroatoms. The molecule has 2 nitrogen and oxygen atoms in total. The van der Waals surface area contributed by atoms with Crippen molar-refractivity contribution in [3.63, 3.8) is 0 Å². The Morgan fingerprint density at radius 2 is 2.25 bits per heavy atom. The van der Waals surface area contributed by atoms with Gasteiger partial charge in [-0.3, -0.25) is 0 Å². The van der Waals surface area contributed by atoms with Gasteiger partial charge in [0.1, 0.15) is 0 Å². The summed E-state index contributed by atoms with van der Waals surface area (Å²) in [4.78, 5) is 0. The molecule has 0 spiro atoms. The molecule has 1 N–H and O–H groups in total. The van der Waals surface area contributed by atoms with Crippen LogP contribution in [0.15, 0.2) is 0 Å². The van der Waals surface area contributed by atoms with Crippen molar-refractivity contribution in [2.75, 3.05) is 37.8 Å². The average molecular weight is 189 g/mol. The molecule has 0 aromatic rings. The Morgan fingerprint density at radius 3 is 2.75 bits per heavy atom. The third kappa shape index (κ3) is 3.33. The molecule has 12 heavy (non-hydrogen) atoms. The summed E-state index contributed by atoms with van der Waals surface area (Å²) in [7, 11) is 0. The fraction of sp³-hybridized carbons (Fsp3) is 1.00. The maximum Gasteiger partial charge on any atom is 0.0554 e. The van der Waals surface area contributed by atoms with Crippen molar-refractivity contribution >= 4 is 11.8 Å². The van der Waals surface area contributed by atoms with Gasteiger partial charge < -0.3 is 10.1 Å². The molecule has 0 aliphatic carbocycles. The Balaban J connectivity index is 1.88. The van der Waals surface area contributed by atoms with Gasteiger partial charge in [0.2, 0.25) is 0 Å². The van der Waals surface area contributed by atoms with Crippen molar-refractivity contribution in [2.45, 2.75) is 13.8 Å². The molecule has 1 saturated heterocycles. The van der Waals surface area contributed by atoms with Gasteiger partial charge in [0.15, 0.2) is 0 Å². The first-order valence-electron chi connectivity index (χ1n) is 4.63. The number of hydrogen-bond acceptors (Lipinski definition) is 3. The number of thioether (sulfide) groups is 1. The molecule has 0 aromatic carbocycles. The molecule has 0 radical (unpaired) electrons. The van der Waals surface area contributed by atoms with Gasteiger partial charge in [0, 0.05) is 24.3 Å². The summed E-state index contributed by atoms with van der Waals surface area (Å²) in [5.41, 5.74) is 0.427. The molecule has 72 valence electrons. The zero-order valence-corrected chi connectivity index (χ0v) is 8.88. The lowest BCUT2D eigenvalue weighted by atomic mass is 9.89. The van der Waals surface area contributed by atoms with E-state index < -0.39 is 0 Å². The van der Waals surface area contributed by atoms with E-state index in [2.05, 4.69) is 19.2 Å². The Morgan fingerprint density at radius 1 is 1.50 bits per heavy atom. The fourth-order valence-corrected chi connectivity index (χ4v) is 1.81. The first-order chi connectivity index (χ1) is 5.77.